The molecule has 1 saturated carbocycles. The first-order valence-corrected chi connectivity index (χ1v) is 10.0. The van der Waals surface area contributed by atoms with Crippen molar-refractivity contribution in [3.8, 4) is 17.0 Å². The van der Waals surface area contributed by atoms with Crippen molar-refractivity contribution in [1.29, 1.82) is 0 Å². The third kappa shape index (κ3) is 4.04. The van der Waals surface area contributed by atoms with E-state index in [0.29, 0.717) is 17.2 Å². The molecule has 150 valence electrons. The fraction of sp³-hybridized carbons (Fsp3) is 0.333. The number of H-pyrrole nitrogens is 1. The topological polar surface area (TPSA) is 67.0 Å². The fourth-order valence-corrected chi connectivity index (χ4v) is 3.44. The number of aromatic nitrogens is 2. The van der Waals surface area contributed by atoms with E-state index < -0.39 is 0 Å². The van der Waals surface area contributed by atoms with Crippen LogP contribution in [-0.4, -0.2) is 23.2 Å². The Hall–Kier alpha value is -3.08. The molecule has 1 aliphatic rings. The van der Waals surface area contributed by atoms with E-state index in [1.807, 2.05) is 12.1 Å². The van der Waals surface area contributed by atoms with Crippen molar-refractivity contribution in [1.82, 2.24) is 10.2 Å². The SMILES string of the molecule is COc1cccc(C(=O)Nc2c(-c3ccc(C(C)(C)C)cc3)n[nH]c2C2CC2)c1. The maximum Gasteiger partial charge on any atom is 0.255 e. The number of amides is 1. The van der Waals surface area contributed by atoms with E-state index in [0.717, 1.165) is 35.5 Å². The minimum atomic E-state index is -0.167. The lowest BCUT2D eigenvalue weighted by Crippen LogP contribution is -2.13. The van der Waals surface area contributed by atoms with Crippen LogP contribution in [0.15, 0.2) is 48.5 Å². The van der Waals surface area contributed by atoms with Crippen LogP contribution in [0.25, 0.3) is 11.3 Å². The summed E-state index contributed by atoms with van der Waals surface area (Å²) in [6.45, 7) is 6.59. The number of hydrogen-bond acceptors (Lipinski definition) is 3. The molecule has 1 aromatic heterocycles. The Morgan fingerprint density at radius 1 is 1.14 bits per heavy atom. The molecular weight excluding hydrogens is 362 g/mol. The summed E-state index contributed by atoms with van der Waals surface area (Å²) in [4.78, 5) is 12.9. The zero-order chi connectivity index (χ0) is 20.6. The molecule has 0 spiro atoms. The number of nitrogens with zero attached hydrogens (tertiary/aromatic N) is 1. The summed E-state index contributed by atoms with van der Waals surface area (Å²) in [5.41, 5.74) is 5.47. The van der Waals surface area contributed by atoms with Crippen LogP contribution in [0.2, 0.25) is 0 Å². The smallest absolute Gasteiger partial charge is 0.255 e. The third-order valence-electron chi connectivity index (χ3n) is 5.37. The summed E-state index contributed by atoms with van der Waals surface area (Å²) >= 11 is 0. The second-order valence-corrected chi connectivity index (χ2v) is 8.65. The summed E-state index contributed by atoms with van der Waals surface area (Å²) in [5.74, 6) is 0.927. The molecule has 0 aliphatic heterocycles. The lowest BCUT2D eigenvalue weighted by Gasteiger charge is -2.19. The first kappa shape index (κ1) is 19.2. The molecule has 1 amide bonds. The standard InChI is InChI=1S/C24H27N3O2/c1-24(2,3)18-12-10-16(11-13-18)21-22(20(26-27-21)15-8-9-15)25-23(28)17-6-5-7-19(14-17)29-4/h5-7,10-15H,8-9H2,1-4H3,(H,25,28)(H,26,27). The lowest BCUT2D eigenvalue weighted by atomic mass is 9.86. The predicted octanol–water partition coefficient (Wildman–Crippen LogP) is 5.51. The van der Waals surface area contributed by atoms with E-state index in [9.17, 15) is 4.79 Å². The molecule has 0 bridgehead atoms. The van der Waals surface area contributed by atoms with Crippen molar-refractivity contribution < 1.29 is 9.53 Å². The van der Waals surface area contributed by atoms with Crippen LogP contribution in [-0.2, 0) is 5.41 Å². The number of ether oxygens (including phenoxy) is 1. The molecular formula is C24H27N3O2. The van der Waals surface area contributed by atoms with Crippen LogP contribution >= 0.6 is 0 Å². The van der Waals surface area contributed by atoms with Crippen LogP contribution in [0.5, 0.6) is 5.75 Å². The van der Waals surface area contributed by atoms with E-state index in [-0.39, 0.29) is 11.3 Å². The van der Waals surface area contributed by atoms with Gasteiger partial charge in [-0.15, -0.1) is 0 Å². The number of nitrogens with one attached hydrogen (secondary N) is 2. The largest absolute Gasteiger partial charge is 0.497 e. The highest BCUT2D eigenvalue weighted by Gasteiger charge is 2.31. The van der Waals surface area contributed by atoms with Crippen molar-refractivity contribution in [2.75, 3.05) is 12.4 Å². The average molecular weight is 389 g/mol. The molecule has 0 unspecified atom stereocenters. The highest BCUT2D eigenvalue weighted by molar-refractivity contribution is 6.06. The van der Waals surface area contributed by atoms with Crippen LogP contribution in [0.3, 0.4) is 0 Å². The van der Waals surface area contributed by atoms with Gasteiger partial charge in [0.1, 0.15) is 11.4 Å². The lowest BCUT2D eigenvalue weighted by molar-refractivity contribution is 0.102. The Kier molecular flexibility index (Phi) is 4.91. The number of methoxy groups -OCH3 is 1. The number of hydrogen-bond donors (Lipinski definition) is 2. The number of anilines is 1. The summed E-state index contributed by atoms with van der Waals surface area (Å²) in [7, 11) is 1.59. The van der Waals surface area contributed by atoms with E-state index in [1.165, 1.54) is 5.56 Å². The van der Waals surface area contributed by atoms with Gasteiger partial charge in [0.15, 0.2) is 0 Å². The summed E-state index contributed by atoms with van der Waals surface area (Å²) < 4.78 is 5.25. The Labute approximate surface area is 171 Å². The van der Waals surface area contributed by atoms with Gasteiger partial charge in [-0.05, 0) is 42.0 Å². The van der Waals surface area contributed by atoms with Crippen LogP contribution in [0.1, 0.15) is 61.1 Å². The number of rotatable bonds is 5. The molecule has 5 heteroatoms. The van der Waals surface area contributed by atoms with Crippen LogP contribution in [0, 0.1) is 0 Å². The van der Waals surface area contributed by atoms with Gasteiger partial charge < -0.3 is 10.1 Å². The predicted molar refractivity (Wildman–Crippen MR) is 116 cm³/mol. The normalized spacial score (nSPS) is 13.9. The zero-order valence-electron chi connectivity index (χ0n) is 17.4. The van der Waals surface area contributed by atoms with E-state index >= 15 is 0 Å². The highest BCUT2D eigenvalue weighted by Crippen LogP contribution is 2.45. The second-order valence-electron chi connectivity index (χ2n) is 8.65. The van der Waals surface area contributed by atoms with Crippen molar-refractivity contribution in [3.63, 3.8) is 0 Å². The molecule has 0 atom stereocenters. The van der Waals surface area contributed by atoms with Gasteiger partial charge in [-0.2, -0.15) is 5.10 Å². The van der Waals surface area contributed by atoms with Crippen molar-refractivity contribution in [2.45, 2.75) is 44.9 Å². The van der Waals surface area contributed by atoms with Gasteiger partial charge in [0.05, 0.1) is 18.5 Å². The van der Waals surface area contributed by atoms with Gasteiger partial charge in [-0.1, -0.05) is 51.1 Å². The Bertz CT molecular complexity index is 1030. The number of aromatic amines is 1. The highest BCUT2D eigenvalue weighted by atomic mass is 16.5. The molecule has 0 radical (unpaired) electrons. The fourth-order valence-electron chi connectivity index (χ4n) is 3.44. The molecule has 2 aromatic carbocycles. The quantitative estimate of drug-likeness (QED) is 0.604. The van der Waals surface area contributed by atoms with Gasteiger partial charge in [-0.25, -0.2) is 0 Å². The molecule has 1 aliphatic carbocycles. The molecule has 1 heterocycles. The Balaban J connectivity index is 1.67. The molecule has 5 nitrogen and oxygen atoms in total. The zero-order valence-corrected chi connectivity index (χ0v) is 17.4. The third-order valence-corrected chi connectivity index (χ3v) is 5.37. The molecule has 3 aromatic rings. The van der Waals surface area contributed by atoms with E-state index in [4.69, 9.17) is 4.74 Å². The molecule has 2 N–H and O–H groups in total. The van der Waals surface area contributed by atoms with Gasteiger partial charge in [0.25, 0.3) is 5.91 Å². The minimum Gasteiger partial charge on any atom is -0.497 e. The van der Waals surface area contributed by atoms with Crippen LogP contribution in [0.4, 0.5) is 5.69 Å². The summed E-state index contributed by atoms with van der Waals surface area (Å²) in [6, 6.07) is 15.6. The molecule has 1 fully saturated rings. The van der Waals surface area contributed by atoms with E-state index in [2.05, 4.69) is 60.6 Å². The Morgan fingerprint density at radius 3 is 2.48 bits per heavy atom. The molecule has 0 saturated heterocycles. The van der Waals surface area contributed by atoms with Gasteiger partial charge in [0, 0.05) is 17.0 Å². The number of benzene rings is 2. The molecule has 29 heavy (non-hydrogen) atoms. The van der Waals surface area contributed by atoms with E-state index in [1.54, 1.807) is 19.2 Å². The van der Waals surface area contributed by atoms with Crippen LogP contribution < -0.4 is 10.1 Å². The van der Waals surface area contributed by atoms with Gasteiger partial charge >= 0.3 is 0 Å². The number of carbonyl (C=O) groups is 1. The monoisotopic (exact) mass is 389 g/mol. The van der Waals surface area contributed by atoms with Crippen molar-refractivity contribution in [3.05, 3.63) is 65.4 Å². The first-order valence-electron chi connectivity index (χ1n) is 10.0. The first-order chi connectivity index (χ1) is 13.9. The van der Waals surface area contributed by atoms with Crippen molar-refractivity contribution in [2.24, 2.45) is 0 Å². The average Bonchev–Trinajstić information content (AvgIpc) is 3.48. The van der Waals surface area contributed by atoms with Crippen molar-refractivity contribution >= 4 is 11.6 Å². The van der Waals surface area contributed by atoms with Gasteiger partial charge in [-0.3, -0.25) is 9.89 Å². The maximum atomic E-state index is 12.9. The molecule has 4 rings (SSSR count). The Morgan fingerprint density at radius 2 is 1.86 bits per heavy atom. The summed E-state index contributed by atoms with van der Waals surface area (Å²) in [5, 5.41) is 10.8. The second kappa shape index (κ2) is 7.39. The number of carbonyl (C=O) groups excluding carboxylic acids is 1. The summed E-state index contributed by atoms with van der Waals surface area (Å²) in [6.07, 6.45) is 2.24. The van der Waals surface area contributed by atoms with Gasteiger partial charge in [0.2, 0.25) is 0 Å². The maximum absolute atomic E-state index is 12.9. The minimum absolute atomic E-state index is 0.0900.